The number of hydrogen-bond acceptors (Lipinski definition) is 3. The maximum absolute atomic E-state index is 11.2. The lowest BCUT2D eigenvalue weighted by atomic mass is 10.1. The zero-order chi connectivity index (χ0) is 14.0. The number of para-hydroxylation sites is 1. The monoisotopic (exact) mass is 388 g/mol. The Balaban J connectivity index is 2.46. The average Bonchev–Trinajstić information content (AvgIpc) is 2.34. The number of benzene rings is 2. The minimum Gasteiger partial charge on any atom is -0.478 e. The molecule has 19 heavy (non-hydrogen) atoms. The van der Waals surface area contributed by atoms with E-state index in [2.05, 4.69) is 27.9 Å². The van der Waals surface area contributed by atoms with Crippen LogP contribution in [0, 0.1) is 3.57 Å². The van der Waals surface area contributed by atoms with Gasteiger partial charge in [-0.15, -0.1) is 0 Å². The van der Waals surface area contributed by atoms with Crippen molar-refractivity contribution < 1.29 is 9.90 Å². The Hall–Kier alpha value is -1.47. The molecule has 98 valence electrons. The first-order chi connectivity index (χ1) is 8.99. The summed E-state index contributed by atoms with van der Waals surface area (Å²) < 4.78 is 0.993. The normalized spacial score (nSPS) is 10.2. The zero-order valence-electron chi connectivity index (χ0n) is 9.65. The lowest BCUT2D eigenvalue weighted by Gasteiger charge is -2.13. The zero-order valence-corrected chi connectivity index (χ0v) is 12.6. The van der Waals surface area contributed by atoms with Gasteiger partial charge in [0.15, 0.2) is 0 Å². The highest BCUT2D eigenvalue weighted by Crippen LogP contribution is 2.31. The quantitative estimate of drug-likeness (QED) is 0.549. The molecule has 0 aliphatic carbocycles. The summed E-state index contributed by atoms with van der Waals surface area (Å²) in [6, 6.07) is 10.1. The van der Waals surface area contributed by atoms with Gasteiger partial charge < -0.3 is 16.2 Å². The van der Waals surface area contributed by atoms with Crippen molar-refractivity contribution in [2.75, 3.05) is 11.1 Å². The summed E-state index contributed by atoms with van der Waals surface area (Å²) in [5.41, 5.74) is 7.24. The highest BCUT2D eigenvalue weighted by atomic mass is 127. The third-order valence-corrected chi connectivity index (χ3v) is 3.50. The molecule has 2 rings (SSSR count). The lowest BCUT2D eigenvalue weighted by Crippen LogP contribution is -2.06. The van der Waals surface area contributed by atoms with Crippen LogP contribution in [0.15, 0.2) is 36.4 Å². The molecule has 0 heterocycles. The number of carboxylic acids is 1. The van der Waals surface area contributed by atoms with E-state index in [1.165, 1.54) is 6.07 Å². The van der Waals surface area contributed by atoms with Gasteiger partial charge in [0.1, 0.15) is 0 Å². The number of nitrogens with two attached hydrogens (primary N) is 1. The van der Waals surface area contributed by atoms with E-state index in [1.807, 2.05) is 6.07 Å². The van der Waals surface area contributed by atoms with E-state index >= 15 is 0 Å². The van der Waals surface area contributed by atoms with E-state index in [0.29, 0.717) is 22.1 Å². The van der Waals surface area contributed by atoms with Gasteiger partial charge in [0, 0.05) is 3.57 Å². The van der Waals surface area contributed by atoms with E-state index in [9.17, 15) is 4.79 Å². The van der Waals surface area contributed by atoms with E-state index in [0.717, 1.165) is 3.57 Å². The molecular weight excluding hydrogens is 379 g/mol. The molecule has 4 nitrogen and oxygen atoms in total. The molecule has 0 fully saturated rings. The van der Waals surface area contributed by atoms with Crippen LogP contribution in [0.2, 0.25) is 5.02 Å². The van der Waals surface area contributed by atoms with E-state index in [4.69, 9.17) is 22.4 Å². The topological polar surface area (TPSA) is 75.4 Å². The molecule has 0 aliphatic rings. The first kappa shape index (κ1) is 14.0. The molecule has 0 radical (unpaired) electrons. The van der Waals surface area contributed by atoms with Crippen molar-refractivity contribution in [1.29, 1.82) is 0 Å². The second kappa shape index (κ2) is 5.66. The standard InChI is InChI=1S/C13H10ClIN2O2/c14-9-6-7(15)4-5-11(9)17-12-8(13(18)19)2-1-3-10(12)16/h1-6,17H,16H2,(H,18,19). The van der Waals surface area contributed by atoms with Crippen molar-refractivity contribution in [1.82, 2.24) is 0 Å². The minimum atomic E-state index is -1.04. The Labute approximate surface area is 128 Å². The van der Waals surface area contributed by atoms with Gasteiger partial charge in [0.05, 0.1) is 27.6 Å². The Morgan fingerprint density at radius 2 is 2.05 bits per heavy atom. The van der Waals surface area contributed by atoms with Gasteiger partial charge in [0.2, 0.25) is 0 Å². The van der Waals surface area contributed by atoms with E-state index in [-0.39, 0.29) is 5.56 Å². The van der Waals surface area contributed by atoms with Crippen LogP contribution in [0.1, 0.15) is 10.4 Å². The van der Waals surface area contributed by atoms with Gasteiger partial charge in [-0.05, 0) is 52.9 Å². The highest BCUT2D eigenvalue weighted by molar-refractivity contribution is 14.1. The van der Waals surface area contributed by atoms with Crippen LogP contribution >= 0.6 is 34.2 Å². The molecular formula is C13H10ClIN2O2. The van der Waals surface area contributed by atoms with Crippen molar-refractivity contribution in [3.63, 3.8) is 0 Å². The summed E-state index contributed by atoms with van der Waals surface area (Å²) in [6.07, 6.45) is 0. The second-order valence-corrected chi connectivity index (χ2v) is 5.48. The Bertz CT molecular complexity index is 647. The number of anilines is 3. The molecule has 0 atom stereocenters. The summed E-state index contributed by atoms with van der Waals surface area (Å²) in [6.45, 7) is 0. The summed E-state index contributed by atoms with van der Waals surface area (Å²) in [5, 5.41) is 12.6. The van der Waals surface area contributed by atoms with Gasteiger partial charge in [0.25, 0.3) is 0 Å². The maximum Gasteiger partial charge on any atom is 0.337 e. The molecule has 0 bridgehead atoms. The van der Waals surface area contributed by atoms with Crippen LogP contribution in [0.3, 0.4) is 0 Å². The summed E-state index contributed by atoms with van der Waals surface area (Å²) >= 11 is 8.25. The van der Waals surface area contributed by atoms with Crippen LogP contribution in [0.5, 0.6) is 0 Å². The van der Waals surface area contributed by atoms with Crippen LogP contribution in [0.25, 0.3) is 0 Å². The molecule has 2 aromatic carbocycles. The van der Waals surface area contributed by atoms with Crippen LogP contribution < -0.4 is 11.1 Å². The predicted molar refractivity (Wildman–Crippen MR) is 85.3 cm³/mol. The van der Waals surface area contributed by atoms with Gasteiger partial charge >= 0.3 is 5.97 Å². The van der Waals surface area contributed by atoms with Gasteiger partial charge in [-0.3, -0.25) is 0 Å². The smallest absolute Gasteiger partial charge is 0.337 e. The number of aromatic carboxylic acids is 1. The van der Waals surface area contributed by atoms with Gasteiger partial charge in [-0.1, -0.05) is 17.7 Å². The molecule has 6 heteroatoms. The Morgan fingerprint density at radius 1 is 1.32 bits per heavy atom. The summed E-state index contributed by atoms with van der Waals surface area (Å²) in [4.78, 5) is 11.2. The summed E-state index contributed by atoms with van der Waals surface area (Å²) in [7, 11) is 0. The molecule has 2 aromatic rings. The number of carboxylic acid groups (broad SMARTS) is 1. The van der Waals surface area contributed by atoms with Crippen LogP contribution in [-0.2, 0) is 0 Å². The molecule has 0 unspecified atom stereocenters. The number of hydrogen-bond donors (Lipinski definition) is 3. The molecule has 0 aromatic heterocycles. The fourth-order valence-corrected chi connectivity index (χ4v) is 2.52. The summed E-state index contributed by atoms with van der Waals surface area (Å²) in [5.74, 6) is -1.04. The van der Waals surface area contributed by atoms with Gasteiger partial charge in [-0.2, -0.15) is 0 Å². The van der Waals surface area contributed by atoms with E-state index < -0.39 is 5.97 Å². The molecule has 0 saturated carbocycles. The largest absolute Gasteiger partial charge is 0.478 e. The fraction of sp³-hybridized carbons (Fsp3) is 0. The lowest BCUT2D eigenvalue weighted by molar-refractivity contribution is 0.0698. The molecule has 0 aliphatic heterocycles. The van der Waals surface area contributed by atoms with E-state index in [1.54, 1.807) is 24.3 Å². The number of halogens is 2. The molecule has 0 saturated heterocycles. The van der Waals surface area contributed by atoms with Crippen LogP contribution in [0.4, 0.5) is 17.1 Å². The number of rotatable bonds is 3. The SMILES string of the molecule is Nc1cccc(C(=O)O)c1Nc1ccc(I)cc1Cl. The fourth-order valence-electron chi connectivity index (χ4n) is 1.61. The number of nitrogen functional groups attached to an aromatic ring is 1. The first-order valence-electron chi connectivity index (χ1n) is 5.33. The number of nitrogens with one attached hydrogen (secondary N) is 1. The molecule has 0 spiro atoms. The predicted octanol–water partition coefficient (Wildman–Crippen LogP) is 3.97. The van der Waals surface area contributed by atoms with Crippen molar-refractivity contribution in [2.24, 2.45) is 0 Å². The highest BCUT2D eigenvalue weighted by Gasteiger charge is 2.13. The number of carbonyl (C=O) groups is 1. The average molecular weight is 389 g/mol. The van der Waals surface area contributed by atoms with Crippen molar-refractivity contribution in [2.45, 2.75) is 0 Å². The van der Waals surface area contributed by atoms with Crippen LogP contribution in [-0.4, -0.2) is 11.1 Å². The van der Waals surface area contributed by atoms with Crippen molar-refractivity contribution >= 4 is 57.2 Å². The third kappa shape index (κ3) is 3.10. The molecule has 0 amide bonds. The van der Waals surface area contributed by atoms with Crippen molar-refractivity contribution in [3.05, 3.63) is 50.6 Å². The minimum absolute atomic E-state index is 0.106. The molecule has 4 N–H and O–H groups in total. The van der Waals surface area contributed by atoms with Gasteiger partial charge in [-0.25, -0.2) is 4.79 Å². The first-order valence-corrected chi connectivity index (χ1v) is 6.78. The maximum atomic E-state index is 11.2. The Morgan fingerprint density at radius 3 is 2.68 bits per heavy atom. The van der Waals surface area contributed by atoms with Crippen molar-refractivity contribution in [3.8, 4) is 0 Å². The third-order valence-electron chi connectivity index (χ3n) is 2.52. The Kier molecular flexibility index (Phi) is 4.16. The second-order valence-electron chi connectivity index (χ2n) is 3.82.